The topological polar surface area (TPSA) is 29.5 Å². The van der Waals surface area contributed by atoms with Gasteiger partial charge in [0.25, 0.3) is 0 Å². The summed E-state index contributed by atoms with van der Waals surface area (Å²) in [6, 6.07) is 0. The molecule has 3 aliphatic heterocycles. The van der Waals surface area contributed by atoms with Gasteiger partial charge in [-0.3, -0.25) is 0 Å². The average molecular weight is 319 g/mol. The van der Waals surface area contributed by atoms with Gasteiger partial charge in [-0.25, -0.2) is 4.79 Å². The highest BCUT2D eigenvalue weighted by atomic mass is 16.6. The predicted octanol–water partition coefficient (Wildman–Crippen LogP) is 5.24. The third kappa shape index (κ3) is 4.45. The van der Waals surface area contributed by atoms with Crippen molar-refractivity contribution in [2.24, 2.45) is 5.92 Å². The number of likely N-dealkylation sites (tertiary alicyclic amines) is 1. The van der Waals surface area contributed by atoms with E-state index in [0.717, 1.165) is 37.9 Å². The van der Waals surface area contributed by atoms with Gasteiger partial charge < -0.3 is 9.64 Å². The molecule has 3 fully saturated rings. The largest absolute Gasteiger partial charge is 0.444 e. The van der Waals surface area contributed by atoms with E-state index in [0.29, 0.717) is 5.92 Å². The molecule has 1 amide bonds. The second kappa shape index (κ2) is 7.07. The summed E-state index contributed by atoms with van der Waals surface area (Å²) in [4.78, 5) is 14.3. The van der Waals surface area contributed by atoms with Crippen LogP contribution in [0.2, 0.25) is 18.0 Å². The highest BCUT2D eigenvalue weighted by molar-refractivity contribution is 6.62. The molecule has 0 aliphatic carbocycles. The third-order valence-corrected chi connectivity index (χ3v) is 6.29. The quantitative estimate of drug-likeness (QED) is 0.652. The minimum absolute atomic E-state index is 0.106. The fourth-order valence-corrected chi connectivity index (χ4v) is 5.33. The number of nitrogens with zero attached hydrogens (tertiary/aromatic N) is 1. The van der Waals surface area contributed by atoms with Crippen molar-refractivity contribution in [1.82, 2.24) is 4.90 Å². The summed E-state index contributed by atoms with van der Waals surface area (Å²) in [6.07, 6.45) is 12.5. The summed E-state index contributed by atoms with van der Waals surface area (Å²) in [7, 11) is 0. The standard InChI is InChI=1S/C19H34BNO2/c1-19(2,3)23-18(22)21-12-6-7-15(14-21)13-20-16-8-4-9-17(20)11-5-10-16/h15-17H,4-14H2,1-3H3. The number of ether oxygens (including phenoxy) is 1. The van der Waals surface area contributed by atoms with Crippen molar-refractivity contribution >= 4 is 12.8 Å². The molecule has 0 saturated carbocycles. The minimum atomic E-state index is -0.385. The van der Waals surface area contributed by atoms with E-state index in [9.17, 15) is 4.79 Å². The van der Waals surface area contributed by atoms with Crippen LogP contribution in [-0.4, -0.2) is 36.4 Å². The van der Waals surface area contributed by atoms with Gasteiger partial charge in [0.2, 0.25) is 0 Å². The lowest BCUT2D eigenvalue weighted by Gasteiger charge is -2.43. The fourth-order valence-electron chi connectivity index (χ4n) is 5.33. The second-order valence-corrected chi connectivity index (χ2v) is 9.22. The van der Waals surface area contributed by atoms with Crippen LogP contribution in [0, 0.1) is 5.92 Å². The Hall–Kier alpha value is -0.665. The van der Waals surface area contributed by atoms with E-state index in [1.807, 2.05) is 25.7 Å². The average Bonchev–Trinajstić information content (AvgIpc) is 2.45. The normalized spacial score (nSPS) is 31.9. The summed E-state index contributed by atoms with van der Waals surface area (Å²) in [5.41, 5.74) is -0.385. The van der Waals surface area contributed by atoms with Gasteiger partial charge in [0.15, 0.2) is 0 Å². The van der Waals surface area contributed by atoms with Crippen LogP contribution in [0.4, 0.5) is 4.79 Å². The van der Waals surface area contributed by atoms with Crippen LogP contribution >= 0.6 is 0 Å². The maximum atomic E-state index is 12.4. The molecule has 3 rings (SSSR count). The number of piperidine rings is 1. The van der Waals surface area contributed by atoms with Gasteiger partial charge >= 0.3 is 6.09 Å². The van der Waals surface area contributed by atoms with E-state index in [1.165, 1.54) is 51.3 Å². The first-order valence-electron chi connectivity index (χ1n) is 9.90. The Morgan fingerprint density at radius 3 is 2.22 bits per heavy atom. The number of hydrogen-bond acceptors (Lipinski definition) is 2. The van der Waals surface area contributed by atoms with Crippen molar-refractivity contribution in [2.75, 3.05) is 13.1 Å². The molecule has 0 N–H and O–H groups in total. The molecule has 2 bridgehead atoms. The van der Waals surface area contributed by atoms with Crippen LogP contribution in [0.1, 0.15) is 72.1 Å². The Labute approximate surface area is 142 Å². The molecule has 1 unspecified atom stereocenters. The Balaban J connectivity index is 1.55. The lowest BCUT2D eigenvalue weighted by molar-refractivity contribution is 0.0174. The molecule has 4 heteroatoms. The van der Waals surface area contributed by atoms with Crippen molar-refractivity contribution < 1.29 is 9.53 Å². The zero-order chi connectivity index (χ0) is 16.4. The molecule has 130 valence electrons. The zero-order valence-electron chi connectivity index (χ0n) is 15.4. The zero-order valence-corrected chi connectivity index (χ0v) is 15.4. The van der Waals surface area contributed by atoms with Gasteiger partial charge in [-0.1, -0.05) is 56.5 Å². The Morgan fingerprint density at radius 1 is 1.04 bits per heavy atom. The van der Waals surface area contributed by atoms with Gasteiger partial charge in [0.1, 0.15) is 12.3 Å². The summed E-state index contributed by atoms with van der Waals surface area (Å²) in [5.74, 6) is 2.67. The molecule has 3 nitrogen and oxygen atoms in total. The van der Waals surface area contributed by atoms with E-state index in [1.54, 1.807) is 0 Å². The van der Waals surface area contributed by atoms with Gasteiger partial charge in [-0.15, -0.1) is 0 Å². The van der Waals surface area contributed by atoms with E-state index >= 15 is 0 Å². The molecule has 0 aromatic carbocycles. The number of hydrogen-bond donors (Lipinski definition) is 0. The maximum absolute atomic E-state index is 12.4. The monoisotopic (exact) mass is 319 g/mol. The predicted molar refractivity (Wildman–Crippen MR) is 96.3 cm³/mol. The van der Waals surface area contributed by atoms with E-state index in [4.69, 9.17) is 4.74 Å². The molecule has 3 aliphatic rings. The number of rotatable bonds is 2. The molecule has 0 radical (unpaired) electrons. The summed E-state index contributed by atoms with van der Waals surface area (Å²) in [6.45, 7) is 8.61. The number of carbonyl (C=O) groups is 1. The lowest BCUT2D eigenvalue weighted by Crippen LogP contribution is -2.45. The van der Waals surface area contributed by atoms with Crippen LogP contribution in [0.15, 0.2) is 0 Å². The molecule has 0 aromatic heterocycles. The van der Waals surface area contributed by atoms with Crippen LogP contribution in [0.25, 0.3) is 0 Å². The highest BCUT2D eigenvalue weighted by Crippen LogP contribution is 2.49. The number of fused-ring (bicyclic) bond motifs is 2. The Kier molecular flexibility index (Phi) is 5.27. The number of amides is 1. The van der Waals surface area contributed by atoms with E-state index in [2.05, 4.69) is 0 Å². The fraction of sp³-hybridized carbons (Fsp3) is 0.947. The van der Waals surface area contributed by atoms with Crippen molar-refractivity contribution in [3.05, 3.63) is 0 Å². The summed E-state index contributed by atoms with van der Waals surface area (Å²) >= 11 is 0. The molecule has 23 heavy (non-hydrogen) atoms. The van der Waals surface area contributed by atoms with Crippen molar-refractivity contribution in [2.45, 2.75) is 95.7 Å². The van der Waals surface area contributed by atoms with Crippen molar-refractivity contribution in [1.29, 1.82) is 0 Å². The lowest BCUT2D eigenvalue weighted by atomic mass is 9.25. The molecule has 3 saturated heterocycles. The maximum Gasteiger partial charge on any atom is 0.410 e. The third-order valence-electron chi connectivity index (χ3n) is 6.29. The van der Waals surface area contributed by atoms with Gasteiger partial charge in [0.05, 0.1) is 0 Å². The first kappa shape index (κ1) is 17.2. The molecule has 0 spiro atoms. The molecule has 0 aromatic rings. The first-order valence-corrected chi connectivity index (χ1v) is 9.90. The van der Waals surface area contributed by atoms with Crippen LogP contribution in [0.5, 0.6) is 0 Å². The summed E-state index contributed by atoms with van der Waals surface area (Å²) < 4.78 is 5.58. The Morgan fingerprint density at radius 2 is 1.65 bits per heavy atom. The molecular weight excluding hydrogens is 285 g/mol. The molecule has 1 atom stereocenters. The van der Waals surface area contributed by atoms with Crippen molar-refractivity contribution in [3.8, 4) is 0 Å². The van der Waals surface area contributed by atoms with Gasteiger partial charge in [-0.2, -0.15) is 0 Å². The second-order valence-electron chi connectivity index (χ2n) is 9.22. The smallest absolute Gasteiger partial charge is 0.410 e. The van der Waals surface area contributed by atoms with Crippen LogP contribution in [-0.2, 0) is 4.74 Å². The first-order chi connectivity index (χ1) is 10.9. The van der Waals surface area contributed by atoms with E-state index < -0.39 is 0 Å². The van der Waals surface area contributed by atoms with Gasteiger partial charge in [0, 0.05) is 13.1 Å². The summed E-state index contributed by atoms with van der Waals surface area (Å²) in [5, 5.41) is 0. The highest BCUT2D eigenvalue weighted by Gasteiger charge is 2.40. The SMILES string of the molecule is CC(C)(C)OC(=O)N1CCCC(CB2C3CCCC2CCC3)C1. The molecule has 3 heterocycles. The minimum Gasteiger partial charge on any atom is -0.444 e. The van der Waals surface area contributed by atoms with E-state index in [-0.39, 0.29) is 11.7 Å². The van der Waals surface area contributed by atoms with Crippen LogP contribution < -0.4 is 0 Å². The molecular formula is C19H34BNO2. The number of carbonyl (C=O) groups excluding carboxylic acids is 1. The van der Waals surface area contributed by atoms with Gasteiger partial charge in [-0.05, 0) is 39.5 Å². The Bertz CT molecular complexity index is 398. The van der Waals surface area contributed by atoms with Crippen LogP contribution in [0.3, 0.4) is 0 Å². The van der Waals surface area contributed by atoms with Crippen molar-refractivity contribution in [3.63, 3.8) is 0 Å².